The number of furan rings is 1. The van der Waals surface area contributed by atoms with Crippen LogP contribution in [0.15, 0.2) is 71.3 Å². The van der Waals surface area contributed by atoms with E-state index in [4.69, 9.17) is 4.42 Å². The number of halogens is 1. The summed E-state index contributed by atoms with van der Waals surface area (Å²) in [5.74, 6) is 0.296. The van der Waals surface area contributed by atoms with Crippen molar-refractivity contribution in [1.82, 2.24) is 9.80 Å². The summed E-state index contributed by atoms with van der Waals surface area (Å²) in [6.45, 7) is 1.81. The monoisotopic (exact) mass is 462 g/mol. The zero-order valence-corrected chi connectivity index (χ0v) is 19.0. The fourth-order valence-corrected chi connectivity index (χ4v) is 4.89. The fourth-order valence-electron chi connectivity index (χ4n) is 4.89. The lowest BCUT2D eigenvalue weighted by molar-refractivity contribution is -0.134. The van der Waals surface area contributed by atoms with Crippen molar-refractivity contribution in [3.63, 3.8) is 0 Å². The van der Waals surface area contributed by atoms with Crippen LogP contribution in [0.25, 0.3) is 0 Å². The number of para-hydroxylation sites is 1. The predicted octanol–water partition coefficient (Wildman–Crippen LogP) is 4.46. The van der Waals surface area contributed by atoms with Crippen molar-refractivity contribution < 1.29 is 18.4 Å². The van der Waals surface area contributed by atoms with Crippen LogP contribution < -0.4 is 10.2 Å². The predicted molar refractivity (Wildman–Crippen MR) is 127 cm³/mol. The molecule has 34 heavy (non-hydrogen) atoms. The standard InChI is InChI=1S/C26H27FN4O3/c1-29-22-6-3-2-5-20(22)21(17-23(29)24-7-4-16-34-24)25(32)30-12-14-31(15-13-30)26(33)28-19-10-8-18(27)9-11-19/h2-11,16,21,23H,12-15,17H2,1H3,(H,28,33). The van der Waals surface area contributed by atoms with Gasteiger partial charge >= 0.3 is 6.03 Å². The van der Waals surface area contributed by atoms with Gasteiger partial charge in [-0.25, -0.2) is 9.18 Å². The molecule has 7 nitrogen and oxygen atoms in total. The Morgan fingerprint density at radius 3 is 2.35 bits per heavy atom. The summed E-state index contributed by atoms with van der Waals surface area (Å²) in [6.07, 6.45) is 2.29. The number of nitrogens with zero attached hydrogens (tertiary/aromatic N) is 3. The molecule has 2 atom stereocenters. The van der Waals surface area contributed by atoms with E-state index in [1.165, 1.54) is 24.3 Å². The highest BCUT2D eigenvalue weighted by Gasteiger charge is 2.39. The number of anilines is 2. The third-order valence-corrected chi connectivity index (χ3v) is 6.76. The zero-order chi connectivity index (χ0) is 23.7. The Hall–Kier alpha value is -3.81. The third-order valence-electron chi connectivity index (χ3n) is 6.76. The summed E-state index contributed by atoms with van der Waals surface area (Å²) in [5.41, 5.74) is 2.59. The molecule has 1 aromatic heterocycles. The van der Waals surface area contributed by atoms with Crippen LogP contribution in [-0.2, 0) is 4.79 Å². The molecule has 2 aromatic carbocycles. The van der Waals surface area contributed by atoms with Crippen LogP contribution >= 0.6 is 0 Å². The number of fused-ring (bicyclic) bond motifs is 1. The minimum absolute atomic E-state index is 0.0263. The first-order chi connectivity index (χ1) is 16.5. The number of amides is 3. The Balaban J connectivity index is 1.27. The van der Waals surface area contributed by atoms with Crippen LogP contribution in [0.2, 0.25) is 0 Å². The highest BCUT2D eigenvalue weighted by Crippen LogP contribution is 2.44. The summed E-state index contributed by atoms with van der Waals surface area (Å²) < 4.78 is 18.8. The number of carbonyl (C=O) groups excluding carboxylic acids is 2. The molecule has 2 aliphatic heterocycles. The van der Waals surface area contributed by atoms with Crippen LogP contribution in [0.4, 0.5) is 20.6 Å². The maximum atomic E-state index is 13.7. The molecule has 3 amide bonds. The molecule has 5 rings (SSSR count). The van der Waals surface area contributed by atoms with E-state index >= 15 is 0 Å². The van der Waals surface area contributed by atoms with Gasteiger partial charge in [0.15, 0.2) is 0 Å². The summed E-state index contributed by atoms with van der Waals surface area (Å²) in [6, 6.07) is 17.2. The molecular weight excluding hydrogens is 435 g/mol. The number of hydrogen-bond donors (Lipinski definition) is 1. The largest absolute Gasteiger partial charge is 0.467 e. The first-order valence-electron chi connectivity index (χ1n) is 11.5. The van der Waals surface area contributed by atoms with E-state index in [1.807, 2.05) is 48.3 Å². The molecule has 176 valence electrons. The van der Waals surface area contributed by atoms with Crippen LogP contribution in [0.1, 0.15) is 29.7 Å². The van der Waals surface area contributed by atoms with Crippen LogP contribution in [-0.4, -0.2) is 55.0 Å². The van der Waals surface area contributed by atoms with Gasteiger partial charge < -0.3 is 24.4 Å². The van der Waals surface area contributed by atoms with Gasteiger partial charge in [-0.05, 0) is 54.4 Å². The number of piperazine rings is 1. The van der Waals surface area contributed by atoms with Gasteiger partial charge in [-0.2, -0.15) is 0 Å². The van der Waals surface area contributed by atoms with Crippen LogP contribution in [0, 0.1) is 5.82 Å². The smallest absolute Gasteiger partial charge is 0.321 e. The number of carbonyl (C=O) groups is 2. The van der Waals surface area contributed by atoms with Gasteiger partial charge in [-0.15, -0.1) is 0 Å². The Labute approximate surface area is 197 Å². The normalized spacial score (nSPS) is 20.1. The second-order valence-corrected chi connectivity index (χ2v) is 8.74. The van der Waals surface area contributed by atoms with Crippen molar-refractivity contribution in [1.29, 1.82) is 0 Å². The fraction of sp³-hybridized carbons (Fsp3) is 0.308. The molecule has 0 saturated carbocycles. The van der Waals surface area contributed by atoms with Gasteiger partial charge in [0, 0.05) is 44.6 Å². The van der Waals surface area contributed by atoms with Gasteiger partial charge in [-0.3, -0.25) is 4.79 Å². The molecule has 0 spiro atoms. The van der Waals surface area contributed by atoms with Crippen molar-refractivity contribution in [2.75, 3.05) is 43.4 Å². The van der Waals surface area contributed by atoms with Crippen LogP contribution in [0.5, 0.6) is 0 Å². The second-order valence-electron chi connectivity index (χ2n) is 8.74. The lowest BCUT2D eigenvalue weighted by Gasteiger charge is -2.41. The van der Waals surface area contributed by atoms with Gasteiger partial charge in [0.25, 0.3) is 0 Å². The lowest BCUT2D eigenvalue weighted by Crippen LogP contribution is -2.53. The number of benzene rings is 2. The highest BCUT2D eigenvalue weighted by molar-refractivity contribution is 5.90. The first-order valence-corrected chi connectivity index (χ1v) is 11.5. The molecule has 1 N–H and O–H groups in total. The molecule has 2 aliphatic rings. The van der Waals surface area contributed by atoms with Crippen molar-refractivity contribution in [2.45, 2.75) is 18.4 Å². The SMILES string of the molecule is CN1c2ccccc2C(C(=O)N2CCN(C(=O)Nc3ccc(F)cc3)CC2)CC1c1ccco1. The zero-order valence-electron chi connectivity index (χ0n) is 19.0. The second kappa shape index (κ2) is 9.21. The van der Waals surface area contributed by atoms with Gasteiger partial charge in [0.05, 0.1) is 18.2 Å². The highest BCUT2D eigenvalue weighted by atomic mass is 19.1. The minimum Gasteiger partial charge on any atom is -0.467 e. The third kappa shape index (κ3) is 4.23. The molecule has 1 fully saturated rings. The molecule has 0 bridgehead atoms. The van der Waals surface area contributed by atoms with E-state index in [1.54, 1.807) is 11.2 Å². The van der Waals surface area contributed by atoms with E-state index in [0.29, 0.717) is 38.3 Å². The Morgan fingerprint density at radius 2 is 1.65 bits per heavy atom. The molecule has 2 unspecified atom stereocenters. The van der Waals surface area contributed by atoms with Crippen molar-refractivity contribution in [3.8, 4) is 0 Å². The van der Waals surface area contributed by atoms with Crippen molar-refractivity contribution in [2.24, 2.45) is 0 Å². The topological polar surface area (TPSA) is 69.0 Å². The summed E-state index contributed by atoms with van der Waals surface area (Å²) in [4.78, 5) is 32.0. The Bertz CT molecular complexity index is 1160. The number of urea groups is 1. The van der Waals surface area contributed by atoms with Gasteiger partial charge in [0.1, 0.15) is 11.6 Å². The summed E-state index contributed by atoms with van der Waals surface area (Å²) in [5, 5.41) is 2.79. The maximum Gasteiger partial charge on any atom is 0.321 e. The average Bonchev–Trinajstić information content (AvgIpc) is 3.40. The Kier molecular flexibility index (Phi) is 5.96. The van der Waals surface area contributed by atoms with E-state index in [2.05, 4.69) is 10.2 Å². The molecule has 3 heterocycles. The van der Waals surface area contributed by atoms with Gasteiger partial charge in [0.2, 0.25) is 5.91 Å². The van der Waals surface area contributed by atoms with Crippen LogP contribution in [0.3, 0.4) is 0 Å². The lowest BCUT2D eigenvalue weighted by atomic mass is 9.84. The first kappa shape index (κ1) is 22.0. The average molecular weight is 463 g/mol. The Morgan fingerprint density at radius 1 is 0.941 bits per heavy atom. The van der Waals surface area contributed by atoms with Crippen molar-refractivity contribution in [3.05, 3.63) is 84.1 Å². The summed E-state index contributed by atoms with van der Waals surface area (Å²) in [7, 11) is 2.03. The molecule has 0 aliphatic carbocycles. The van der Waals surface area contributed by atoms with Crippen molar-refractivity contribution >= 4 is 23.3 Å². The number of hydrogen-bond acceptors (Lipinski definition) is 4. The quantitative estimate of drug-likeness (QED) is 0.624. The molecule has 1 saturated heterocycles. The molecule has 8 heteroatoms. The summed E-state index contributed by atoms with van der Waals surface area (Å²) >= 11 is 0. The number of rotatable bonds is 3. The van der Waals surface area contributed by atoms with Gasteiger partial charge in [-0.1, -0.05) is 18.2 Å². The molecule has 0 radical (unpaired) electrons. The maximum absolute atomic E-state index is 13.7. The molecule has 3 aromatic rings. The van der Waals surface area contributed by atoms with E-state index in [9.17, 15) is 14.0 Å². The van der Waals surface area contributed by atoms with E-state index in [-0.39, 0.29) is 29.7 Å². The van der Waals surface area contributed by atoms with E-state index < -0.39 is 0 Å². The minimum atomic E-state index is -0.352. The van der Waals surface area contributed by atoms with E-state index in [0.717, 1.165) is 17.0 Å². The number of nitrogens with one attached hydrogen (secondary N) is 1. The molecular formula is C26H27FN4O3.